The summed E-state index contributed by atoms with van der Waals surface area (Å²) in [5.41, 5.74) is 1.68. The fourth-order valence-corrected chi connectivity index (χ4v) is 7.97. The molecule has 3 heterocycles. The molecule has 220 valence electrons. The van der Waals surface area contributed by atoms with E-state index in [1.807, 2.05) is 6.92 Å². The zero-order valence-electron chi connectivity index (χ0n) is 22.5. The molecule has 3 aromatic carbocycles. The molecule has 6 rings (SSSR count). The van der Waals surface area contributed by atoms with Crippen LogP contribution in [0.3, 0.4) is 0 Å². The number of ether oxygens (including phenoxy) is 2. The van der Waals surface area contributed by atoms with Crippen LogP contribution in [-0.2, 0) is 14.4 Å². The second-order valence-corrected chi connectivity index (χ2v) is 12.8. The van der Waals surface area contributed by atoms with Gasteiger partial charge in [-0.1, -0.05) is 52.4 Å². The van der Waals surface area contributed by atoms with E-state index in [2.05, 4.69) is 10.3 Å². The first kappa shape index (κ1) is 29.3. The number of hydrogen-bond acceptors (Lipinski definition) is 8. The number of fused-ring (bicyclic) bond motifs is 2. The van der Waals surface area contributed by atoms with E-state index in [-0.39, 0.29) is 29.2 Å². The average molecular weight is 657 g/mol. The Bertz CT molecular complexity index is 1770. The van der Waals surface area contributed by atoms with Gasteiger partial charge in [-0.2, -0.15) is 0 Å². The summed E-state index contributed by atoms with van der Waals surface area (Å²) in [7, 11) is 0. The number of carbonyl (C=O) groups is 3. The highest BCUT2D eigenvalue weighted by Crippen LogP contribution is 2.53. The molecule has 3 amide bonds. The van der Waals surface area contributed by atoms with Gasteiger partial charge in [-0.3, -0.25) is 19.2 Å². The molecular weight excluding hydrogens is 633 g/mol. The number of anilines is 2. The molecule has 13 heteroatoms. The van der Waals surface area contributed by atoms with Crippen molar-refractivity contribution < 1.29 is 23.9 Å². The van der Waals surface area contributed by atoms with Crippen LogP contribution in [0.15, 0.2) is 76.6 Å². The van der Waals surface area contributed by atoms with E-state index in [1.165, 1.54) is 16.7 Å². The average Bonchev–Trinajstić information content (AvgIpc) is 3.48. The molecule has 1 fully saturated rings. The number of thiazole rings is 1. The number of H-pyrrole nitrogens is 1. The minimum Gasteiger partial charge on any atom is -0.490 e. The third-order valence-electron chi connectivity index (χ3n) is 7.02. The third kappa shape index (κ3) is 5.77. The van der Waals surface area contributed by atoms with Crippen LogP contribution >= 0.6 is 46.3 Å². The number of aromatic nitrogens is 1. The molecule has 9 nitrogen and oxygen atoms in total. The molecule has 2 aliphatic heterocycles. The van der Waals surface area contributed by atoms with E-state index in [9.17, 15) is 19.2 Å². The van der Waals surface area contributed by atoms with Crippen LogP contribution in [0.1, 0.15) is 23.3 Å². The summed E-state index contributed by atoms with van der Waals surface area (Å²) in [4.78, 5) is 56.9. The molecule has 1 saturated heterocycles. The molecule has 43 heavy (non-hydrogen) atoms. The summed E-state index contributed by atoms with van der Waals surface area (Å²) in [5.74, 6) is -1.76. The van der Waals surface area contributed by atoms with Gasteiger partial charge in [-0.25, -0.2) is 4.90 Å². The van der Waals surface area contributed by atoms with E-state index in [1.54, 1.807) is 66.7 Å². The highest BCUT2D eigenvalue weighted by Gasteiger charge is 2.56. The van der Waals surface area contributed by atoms with Crippen LogP contribution in [0, 0.1) is 5.92 Å². The van der Waals surface area contributed by atoms with Crippen molar-refractivity contribution in [1.82, 2.24) is 4.98 Å². The van der Waals surface area contributed by atoms with Crippen LogP contribution in [0.25, 0.3) is 0 Å². The minimum atomic E-state index is -0.765. The molecule has 3 unspecified atom stereocenters. The van der Waals surface area contributed by atoms with Crippen LogP contribution < -0.4 is 24.6 Å². The van der Waals surface area contributed by atoms with Gasteiger partial charge in [0.15, 0.2) is 18.1 Å². The number of nitrogens with zero attached hydrogens (tertiary/aromatic N) is 1. The van der Waals surface area contributed by atoms with Gasteiger partial charge < -0.3 is 19.8 Å². The van der Waals surface area contributed by atoms with Crippen LogP contribution in [0.5, 0.6) is 11.5 Å². The second kappa shape index (κ2) is 12.1. The first-order valence-electron chi connectivity index (χ1n) is 13.2. The van der Waals surface area contributed by atoms with Crippen molar-refractivity contribution in [3.8, 4) is 11.5 Å². The predicted molar refractivity (Wildman–Crippen MR) is 167 cm³/mol. The van der Waals surface area contributed by atoms with Gasteiger partial charge in [0, 0.05) is 26.5 Å². The summed E-state index contributed by atoms with van der Waals surface area (Å²) in [5, 5.41) is 3.61. The normalized spacial score (nSPS) is 19.1. The molecule has 0 spiro atoms. The zero-order chi connectivity index (χ0) is 30.2. The first-order valence-corrected chi connectivity index (χ1v) is 15.7. The fourth-order valence-electron chi connectivity index (χ4n) is 5.20. The lowest BCUT2D eigenvalue weighted by atomic mass is 9.83. The molecule has 0 saturated carbocycles. The lowest BCUT2D eigenvalue weighted by Gasteiger charge is -2.30. The lowest BCUT2D eigenvalue weighted by molar-refractivity contribution is -0.122. The number of amides is 3. The van der Waals surface area contributed by atoms with Gasteiger partial charge in [0.1, 0.15) is 5.25 Å². The molecule has 4 aromatic rings. The number of rotatable bonds is 8. The van der Waals surface area contributed by atoms with Crippen LogP contribution in [0.4, 0.5) is 11.4 Å². The number of nitrogens with one attached hydrogen (secondary N) is 2. The number of halogens is 2. The summed E-state index contributed by atoms with van der Waals surface area (Å²) in [6.45, 7) is 1.85. The largest absolute Gasteiger partial charge is 0.490 e. The Morgan fingerprint density at radius 2 is 1.63 bits per heavy atom. The monoisotopic (exact) mass is 655 g/mol. The van der Waals surface area contributed by atoms with Crippen molar-refractivity contribution in [3.05, 3.63) is 96.9 Å². The number of benzene rings is 3. The molecule has 1 aromatic heterocycles. The second-order valence-electron chi connectivity index (χ2n) is 9.72. The number of imide groups is 1. The predicted octanol–water partition coefficient (Wildman–Crippen LogP) is 5.96. The number of carbonyl (C=O) groups excluding carboxylic acids is 3. The van der Waals surface area contributed by atoms with Crippen molar-refractivity contribution >= 4 is 75.4 Å². The van der Waals surface area contributed by atoms with Crippen molar-refractivity contribution in [1.29, 1.82) is 0 Å². The Morgan fingerprint density at radius 3 is 2.33 bits per heavy atom. The highest BCUT2D eigenvalue weighted by molar-refractivity contribution is 8.00. The van der Waals surface area contributed by atoms with Crippen molar-refractivity contribution in [2.24, 2.45) is 5.92 Å². The van der Waals surface area contributed by atoms with E-state index in [0.717, 1.165) is 11.3 Å². The fraction of sp³-hybridized carbons (Fsp3) is 0.200. The minimum absolute atomic E-state index is 0.270. The third-order valence-corrected chi connectivity index (χ3v) is 9.93. The molecule has 2 N–H and O–H groups in total. The highest BCUT2D eigenvalue weighted by atomic mass is 35.5. The molecule has 0 radical (unpaired) electrons. The summed E-state index contributed by atoms with van der Waals surface area (Å²) in [6, 6.07) is 18.4. The maximum absolute atomic E-state index is 13.9. The SMILES string of the molecule is CCOc1cc(C2c3sc(=O)[nH]c3SC3C(=O)N(c4ccc(Cl)cc4)C(=O)C32)ccc1OCC(=O)Nc1ccc(Cl)cc1. The van der Waals surface area contributed by atoms with E-state index in [0.29, 0.717) is 55.0 Å². The van der Waals surface area contributed by atoms with Crippen molar-refractivity contribution in [2.75, 3.05) is 23.4 Å². The van der Waals surface area contributed by atoms with E-state index in [4.69, 9.17) is 32.7 Å². The van der Waals surface area contributed by atoms with E-state index < -0.39 is 17.1 Å². The number of aromatic amines is 1. The topological polar surface area (TPSA) is 118 Å². The van der Waals surface area contributed by atoms with Gasteiger partial charge in [0.2, 0.25) is 11.8 Å². The van der Waals surface area contributed by atoms with Gasteiger partial charge in [-0.05, 0) is 73.2 Å². The van der Waals surface area contributed by atoms with Gasteiger partial charge >= 0.3 is 4.87 Å². The maximum atomic E-state index is 13.9. The molecule has 0 aliphatic carbocycles. The smallest absolute Gasteiger partial charge is 0.305 e. The van der Waals surface area contributed by atoms with Crippen molar-refractivity contribution in [2.45, 2.75) is 23.1 Å². The lowest BCUT2D eigenvalue weighted by Crippen LogP contribution is -2.32. The van der Waals surface area contributed by atoms with Gasteiger partial charge in [0.25, 0.3) is 5.91 Å². The quantitative estimate of drug-likeness (QED) is 0.225. The van der Waals surface area contributed by atoms with Crippen molar-refractivity contribution in [3.63, 3.8) is 0 Å². The van der Waals surface area contributed by atoms with Crippen LogP contribution in [0.2, 0.25) is 10.0 Å². The molecule has 0 bridgehead atoms. The summed E-state index contributed by atoms with van der Waals surface area (Å²) in [6.07, 6.45) is 0. The first-order chi connectivity index (χ1) is 20.7. The Morgan fingerprint density at radius 1 is 0.930 bits per heavy atom. The molecular formula is C30H23Cl2N3O6S2. The Labute approximate surface area is 264 Å². The Kier molecular flexibility index (Phi) is 8.23. The standard InChI is InChI=1S/C30H23Cl2N3O6S2/c1-2-40-21-13-15(3-12-20(21)41-14-22(36)33-18-8-4-16(31)5-9-18)23-24-26(42-27-25(23)43-30(39)34-27)29(38)35(28(24)37)19-10-6-17(32)7-11-19/h3-13,23-24,26H,2,14H2,1H3,(H,33,36)(H,34,39). The van der Waals surface area contributed by atoms with Crippen LogP contribution in [-0.4, -0.2) is 41.2 Å². The number of hydrogen-bond donors (Lipinski definition) is 2. The van der Waals surface area contributed by atoms with E-state index >= 15 is 0 Å². The maximum Gasteiger partial charge on any atom is 0.305 e. The Hall–Kier alpha value is -3.77. The number of thioether (sulfide) groups is 1. The summed E-state index contributed by atoms with van der Waals surface area (Å²) >= 11 is 14.2. The summed E-state index contributed by atoms with van der Waals surface area (Å²) < 4.78 is 11.7. The zero-order valence-corrected chi connectivity index (χ0v) is 25.6. The molecule has 2 aliphatic rings. The Balaban J connectivity index is 1.31. The van der Waals surface area contributed by atoms with Gasteiger partial charge in [0.05, 0.1) is 23.2 Å². The molecule has 3 atom stereocenters. The van der Waals surface area contributed by atoms with Gasteiger partial charge in [-0.15, -0.1) is 0 Å².